The van der Waals surface area contributed by atoms with Crippen LogP contribution in [0.1, 0.15) is 50.3 Å². The number of aliphatic hydroxyl groups is 1. The predicted octanol–water partition coefficient (Wildman–Crippen LogP) is 3.66. The zero-order valence-electron chi connectivity index (χ0n) is 25.6. The third-order valence-corrected chi connectivity index (χ3v) is 7.11. The molecule has 2 unspecified atom stereocenters. The van der Waals surface area contributed by atoms with Crippen molar-refractivity contribution >= 4 is 17.8 Å². The van der Waals surface area contributed by atoms with E-state index in [9.17, 15) is 19.5 Å². The Labute approximate surface area is 254 Å². The van der Waals surface area contributed by atoms with Crippen LogP contribution in [0.2, 0.25) is 0 Å². The number of urea groups is 1. The van der Waals surface area contributed by atoms with E-state index in [0.29, 0.717) is 32.5 Å². The molecule has 0 saturated carbocycles. The lowest BCUT2D eigenvalue weighted by molar-refractivity contribution is -0.129. The quantitative estimate of drug-likeness (QED) is 0.162. The molecule has 0 heterocycles. The molecule has 43 heavy (non-hydrogen) atoms. The lowest BCUT2D eigenvalue weighted by Crippen LogP contribution is -2.51. The molecule has 3 rings (SSSR count). The first-order chi connectivity index (χ1) is 20.6. The molecule has 0 radical (unpaired) electrons. The zero-order chi connectivity index (χ0) is 31.2. The molecule has 230 valence electrons. The fourth-order valence-electron chi connectivity index (χ4n) is 4.69. The minimum Gasteiger partial charge on any atom is -0.392 e. The predicted molar refractivity (Wildman–Crippen MR) is 170 cm³/mol. The fourth-order valence-corrected chi connectivity index (χ4v) is 4.69. The number of nitrogens with one attached hydrogen (secondary N) is 5. The summed E-state index contributed by atoms with van der Waals surface area (Å²) in [5.41, 5.74) is 4.49. The maximum absolute atomic E-state index is 13.3. The van der Waals surface area contributed by atoms with Gasteiger partial charge in [0.1, 0.15) is 6.04 Å². The average Bonchev–Trinajstić information content (AvgIpc) is 3.00. The summed E-state index contributed by atoms with van der Waals surface area (Å²) >= 11 is 0. The minimum atomic E-state index is -0.695. The molecule has 2 atom stereocenters. The molecule has 9 heteroatoms. The Bertz CT molecular complexity index is 1330. The van der Waals surface area contributed by atoms with Crippen molar-refractivity contribution in [2.24, 2.45) is 0 Å². The van der Waals surface area contributed by atoms with Crippen molar-refractivity contribution in [2.45, 2.75) is 70.8 Å². The van der Waals surface area contributed by atoms with Crippen LogP contribution >= 0.6 is 0 Å². The summed E-state index contributed by atoms with van der Waals surface area (Å²) < 4.78 is 0. The number of amides is 4. The number of carbonyl (C=O) groups is 3. The molecule has 0 aliphatic carbocycles. The van der Waals surface area contributed by atoms with Crippen LogP contribution in [0, 0.1) is 0 Å². The molecule has 0 aliphatic rings. The van der Waals surface area contributed by atoms with E-state index in [1.807, 2.05) is 92.7 Å². The molecular formula is C34H45N5O4. The highest BCUT2D eigenvalue weighted by Gasteiger charge is 2.26. The molecule has 0 fully saturated rings. The molecule has 9 nitrogen and oxygen atoms in total. The van der Waals surface area contributed by atoms with Gasteiger partial charge in [0.05, 0.1) is 6.10 Å². The van der Waals surface area contributed by atoms with Gasteiger partial charge in [-0.25, -0.2) is 4.79 Å². The number of benzene rings is 3. The number of aryl methyl sites for hydroxylation is 1. The monoisotopic (exact) mass is 587 g/mol. The van der Waals surface area contributed by atoms with Crippen LogP contribution < -0.4 is 26.6 Å². The van der Waals surface area contributed by atoms with Gasteiger partial charge >= 0.3 is 6.03 Å². The molecule has 4 amide bonds. The van der Waals surface area contributed by atoms with Crippen molar-refractivity contribution in [1.29, 1.82) is 0 Å². The summed E-state index contributed by atoms with van der Waals surface area (Å²) in [6, 6.07) is 24.8. The van der Waals surface area contributed by atoms with Crippen LogP contribution in [0.15, 0.2) is 78.9 Å². The van der Waals surface area contributed by atoms with Gasteiger partial charge in [-0.3, -0.25) is 9.59 Å². The summed E-state index contributed by atoms with van der Waals surface area (Å²) in [7, 11) is 1.58. The lowest BCUT2D eigenvalue weighted by atomic mass is 9.98. The zero-order valence-corrected chi connectivity index (χ0v) is 25.6. The minimum absolute atomic E-state index is 0.163. The number of aliphatic hydroxyl groups excluding tert-OH is 1. The maximum atomic E-state index is 13.3. The molecule has 0 aliphatic heterocycles. The van der Waals surface area contributed by atoms with Gasteiger partial charge < -0.3 is 31.7 Å². The van der Waals surface area contributed by atoms with Crippen LogP contribution in [0.4, 0.5) is 4.79 Å². The SMILES string of the molecule is CNC(=O)NCc1ccccc1-c1ccc(CNC(=O)C(CCc2ccccc2)NC(=O)CC(C)(C)NCC(C)O)cc1. The van der Waals surface area contributed by atoms with Crippen molar-refractivity contribution in [2.75, 3.05) is 13.6 Å². The first-order valence-electron chi connectivity index (χ1n) is 14.7. The van der Waals surface area contributed by atoms with E-state index in [1.165, 1.54) is 0 Å². The first kappa shape index (κ1) is 33.3. The van der Waals surface area contributed by atoms with Crippen LogP contribution in [-0.2, 0) is 29.1 Å². The summed E-state index contributed by atoms with van der Waals surface area (Å²) in [4.78, 5) is 38.0. The maximum Gasteiger partial charge on any atom is 0.314 e. The molecule has 0 aromatic heterocycles. The fraction of sp³-hybridized carbons (Fsp3) is 0.382. The van der Waals surface area contributed by atoms with Gasteiger partial charge in [-0.05, 0) is 61.4 Å². The van der Waals surface area contributed by atoms with Gasteiger partial charge in [-0.1, -0.05) is 78.9 Å². The third kappa shape index (κ3) is 11.5. The summed E-state index contributed by atoms with van der Waals surface area (Å²) in [6.45, 7) is 6.57. The van der Waals surface area contributed by atoms with E-state index in [1.54, 1.807) is 14.0 Å². The number of rotatable bonds is 15. The smallest absolute Gasteiger partial charge is 0.314 e. The van der Waals surface area contributed by atoms with Gasteiger partial charge in [0.25, 0.3) is 0 Å². The third-order valence-electron chi connectivity index (χ3n) is 7.11. The van der Waals surface area contributed by atoms with Crippen molar-refractivity contribution in [3.63, 3.8) is 0 Å². The Morgan fingerprint density at radius 2 is 1.51 bits per heavy atom. The second-order valence-corrected chi connectivity index (χ2v) is 11.4. The standard InChI is InChI=1S/C34H45N5O4/c1-24(40)21-38-34(2,3)20-31(41)39-30(19-16-25-10-6-5-7-11-25)32(42)36-22-26-14-17-27(18-15-26)29-13-9-8-12-28(29)23-37-33(43)35-4/h5-15,17-18,24,30,38,40H,16,19-23H2,1-4H3,(H,36,42)(H,39,41)(H2,35,37,43). The Balaban J connectivity index is 1.64. The Hall–Kier alpha value is -4.21. The molecular weight excluding hydrogens is 542 g/mol. The van der Waals surface area contributed by atoms with Crippen molar-refractivity contribution in [3.8, 4) is 11.1 Å². The van der Waals surface area contributed by atoms with Crippen molar-refractivity contribution < 1.29 is 19.5 Å². The van der Waals surface area contributed by atoms with Gasteiger partial charge in [0, 0.05) is 38.6 Å². The highest BCUT2D eigenvalue weighted by atomic mass is 16.3. The van der Waals surface area contributed by atoms with E-state index >= 15 is 0 Å². The number of β-amino-alcohol motifs (C(OH)–C–C–N with tert-alkyl or cyclic N) is 1. The average molecular weight is 588 g/mol. The molecule has 6 N–H and O–H groups in total. The number of hydrogen-bond acceptors (Lipinski definition) is 5. The highest BCUT2D eigenvalue weighted by Crippen LogP contribution is 2.24. The second kappa shape index (κ2) is 16.4. The number of carbonyl (C=O) groups excluding carboxylic acids is 3. The topological polar surface area (TPSA) is 132 Å². The van der Waals surface area contributed by atoms with Crippen LogP contribution in [-0.4, -0.2) is 54.2 Å². The van der Waals surface area contributed by atoms with E-state index in [-0.39, 0.29) is 24.3 Å². The first-order valence-corrected chi connectivity index (χ1v) is 14.7. The molecule has 3 aromatic carbocycles. The number of hydrogen-bond donors (Lipinski definition) is 6. The summed E-state index contributed by atoms with van der Waals surface area (Å²) in [5, 5.41) is 24.1. The summed E-state index contributed by atoms with van der Waals surface area (Å²) in [6.07, 6.45) is 0.743. The van der Waals surface area contributed by atoms with Gasteiger partial charge in [0.15, 0.2) is 0 Å². The van der Waals surface area contributed by atoms with E-state index in [2.05, 4.69) is 26.6 Å². The van der Waals surface area contributed by atoms with E-state index < -0.39 is 17.7 Å². The van der Waals surface area contributed by atoms with E-state index in [0.717, 1.165) is 27.8 Å². The molecule has 0 bridgehead atoms. The molecule has 0 spiro atoms. The van der Waals surface area contributed by atoms with Crippen molar-refractivity contribution in [1.82, 2.24) is 26.6 Å². The van der Waals surface area contributed by atoms with Crippen LogP contribution in [0.3, 0.4) is 0 Å². The van der Waals surface area contributed by atoms with Crippen LogP contribution in [0.25, 0.3) is 11.1 Å². The second-order valence-electron chi connectivity index (χ2n) is 11.4. The molecule has 3 aromatic rings. The highest BCUT2D eigenvalue weighted by molar-refractivity contribution is 5.88. The van der Waals surface area contributed by atoms with Crippen molar-refractivity contribution in [3.05, 3.63) is 95.6 Å². The van der Waals surface area contributed by atoms with Crippen LogP contribution in [0.5, 0.6) is 0 Å². The Kier molecular flexibility index (Phi) is 12.7. The van der Waals surface area contributed by atoms with Gasteiger partial charge in [-0.15, -0.1) is 0 Å². The normalized spacial score (nSPS) is 12.6. The Morgan fingerprint density at radius 1 is 0.837 bits per heavy atom. The molecule has 0 saturated heterocycles. The Morgan fingerprint density at radius 3 is 2.19 bits per heavy atom. The largest absolute Gasteiger partial charge is 0.392 e. The van der Waals surface area contributed by atoms with Gasteiger partial charge in [0.2, 0.25) is 11.8 Å². The van der Waals surface area contributed by atoms with Gasteiger partial charge in [-0.2, -0.15) is 0 Å². The summed E-state index contributed by atoms with van der Waals surface area (Å²) in [5.74, 6) is -0.473. The lowest BCUT2D eigenvalue weighted by Gasteiger charge is -2.28. The van der Waals surface area contributed by atoms with E-state index in [4.69, 9.17) is 0 Å².